The molecule has 0 fully saturated rings. The lowest BCUT2D eigenvalue weighted by Gasteiger charge is -1.97. The fraction of sp³-hybridized carbons (Fsp3) is 0.286. The topological polar surface area (TPSA) is 52.3 Å². The predicted molar refractivity (Wildman–Crippen MR) is 72.0 cm³/mol. The molecule has 0 bridgehead atoms. The number of carbonyl (C=O) groups is 1. The zero-order valence-corrected chi connectivity index (χ0v) is 11.5. The Bertz CT molecular complexity index is 575. The Labute approximate surface area is 116 Å². The van der Waals surface area contributed by atoms with Crippen LogP contribution >= 0.6 is 11.6 Å². The average molecular weight is 280 g/mol. The van der Waals surface area contributed by atoms with Crippen molar-refractivity contribution in [3.05, 3.63) is 40.9 Å². The molecule has 100 valence electrons. The summed E-state index contributed by atoms with van der Waals surface area (Å²) >= 11 is 5.84. The number of rotatable bonds is 4. The molecule has 0 N–H and O–H groups in total. The van der Waals surface area contributed by atoms with Crippen molar-refractivity contribution in [1.82, 2.24) is 4.98 Å². The minimum Gasteiger partial charge on any atom is -0.466 e. The van der Waals surface area contributed by atoms with E-state index in [-0.39, 0.29) is 12.4 Å². The first-order chi connectivity index (χ1) is 9.10. The van der Waals surface area contributed by atoms with Crippen molar-refractivity contribution >= 4 is 17.6 Å². The molecule has 0 spiro atoms. The fourth-order valence-corrected chi connectivity index (χ4v) is 1.86. The van der Waals surface area contributed by atoms with Gasteiger partial charge in [-0.05, 0) is 26.0 Å². The number of benzene rings is 1. The first-order valence-corrected chi connectivity index (χ1v) is 6.35. The maximum Gasteiger partial charge on any atom is 0.315 e. The van der Waals surface area contributed by atoms with E-state index in [9.17, 15) is 4.79 Å². The summed E-state index contributed by atoms with van der Waals surface area (Å²) in [5.41, 5.74) is 1.62. The first kappa shape index (κ1) is 13.6. The Kier molecular flexibility index (Phi) is 4.22. The first-order valence-electron chi connectivity index (χ1n) is 5.98. The quantitative estimate of drug-likeness (QED) is 0.805. The number of ether oxygens (including phenoxy) is 1. The van der Waals surface area contributed by atoms with Gasteiger partial charge in [0.25, 0.3) is 0 Å². The van der Waals surface area contributed by atoms with Crippen molar-refractivity contribution in [2.24, 2.45) is 0 Å². The van der Waals surface area contributed by atoms with Crippen LogP contribution in [0.2, 0.25) is 5.02 Å². The van der Waals surface area contributed by atoms with Gasteiger partial charge in [0.05, 0.1) is 6.61 Å². The van der Waals surface area contributed by atoms with Crippen LogP contribution in [0.15, 0.2) is 28.7 Å². The number of esters is 1. The minimum absolute atomic E-state index is 0.0439. The normalized spacial score (nSPS) is 10.5. The number of oxazole rings is 1. The molecule has 2 rings (SSSR count). The van der Waals surface area contributed by atoms with E-state index in [0.717, 1.165) is 11.3 Å². The molecule has 1 aromatic heterocycles. The van der Waals surface area contributed by atoms with Gasteiger partial charge in [0.15, 0.2) is 0 Å². The molecular weight excluding hydrogens is 266 g/mol. The lowest BCUT2D eigenvalue weighted by atomic mass is 10.1. The number of aryl methyl sites for hydroxylation is 1. The summed E-state index contributed by atoms with van der Waals surface area (Å²) in [6.07, 6.45) is 0.0439. The number of hydrogen-bond donors (Lipinski definition) is 0. The number of nitrogens with zero attached hydrogens (tertiary/aromatic N) is 1. The van der Waals surface area contributed by atoms with Gasteiger partial charge in [-0.3, -0.25) is 4.79 Å². The minimum atomic E-state index is -0.341. The van der Waals surface area contributed by atoms with Gasteiger partial charge in [0.2, 0.25) is 5.89 Å². The molecule has 0 aliphatic heterocycles. The maximum absolute atomic E-state index is 11.4. The van der Waals surface area contributed by atoms with E-state index in [0.29, 0.717) is 23.3 Å². The van der Waals surface area contributed by atoms with Crippen LogP contribution in [0, 0.1) is 6.92 Å². The van der Waals surface area contributed by atoms with Gasteiger partial charge in [-0.1, -0.05) is 23.7 Å². The van der Waals surface area contributed by atoms with Crippen LogP contribution < -0.4 is 0 Å². The third kappa shape index (κ3) is 3.35. The van der Waals surface area contributed by atoms with Gasteiger partial charge in [0.1, 0.15) is 17.9 Å². The van der Waals surface area contributed by atoms with Crippen molar-refractivity contribution < 1.29 is 13.9 Å². The number of halogens is 1. The van der Waals surface area contributed by atoms with Crippen LogP contribution in [0.4, 0.5) is 0 Å². The highest BCUT2D eigenvalue weighted by Gasteiger charge is 2.14. The molecule has 2 aromatic rings. The summed E-state index contributed by atoms with van der Waals surface area (Å²) in [6.45, 7) is 3.92. The Morgan fingerprint density at radius 3 is 2.68 bits per heavy atom. The van der Waals surface area contributed by atoms with Crippen LogP contribution in [0.5, 0.6) is 0 Å². The van der Waals surface area contributed by atoms with Crippen LogP contribution in [-0.4, -0.2) is 17.6 Å². The van der Waals surface area contributed by atoms with Crippen LogP contribution in [0.1, 0.15) is 18.6 Å². The highest BCUT2D eigenvalue weighted by Crippen LogP contribution is 2.25. The van der Waals surface area contributed by atoms with E-state index in [4.69, 9.17) is 20.8 Å². The molecule has 0 amide bonds. The van der Waals surface area contributed by atoms with Gasteiger partial charge < -0.3 is 9.15 Å². The van der Waals surface area contributed by atoms with E-state index < -0.39 is 0 Å². The second kappa shape index (κ2) is 5.89. The van der Waals surface area contributed by atoms with Crippen molar-refractivity contribution in [2.75, 3.05) is 6.61 Å². The summed E-state index contributed by atoms with van der Waals surface area (Å²) in [5.74, 6) is 0.689. The third-order valence-corrected chi connectivity index (χ3v) is 2.81. The average Bonchev–Trinajstić information content (AvgIpc) is 2.71. The van der Waals surface area contributed by atoms with Crippen molar-refractivity contribution in [2.45, 2.75) is 20.3 Å². The van der Waals surface area contributed by atoms with Crippen molar-refractivity contribution in [3.63, 3.8) is 0 Å². The maximum atomic E-state index is 11.4. The Balaban J connectivity index is 2.21. The zero-order valence-electron chi connectivity index (χ0n) is 10.8. The highest BCUT2D eigenvalue weighted by molar-refractivity contribution is 6.30. The smallest absolute Gasteiger partial charge is 0.315 e. The zero-order chi connectivity index (χ0) is 13.8. The molecule has 0 aliphatic carbocycles. The van der Waals surface area contributed by atoms with Gasteiger partial charge in [-0.2, -0.15) is 0 Å². The summed E-state index contributed by atoms with van der Waals surface area (Å²) in [4.78, 5) is 15.7. The standard InChI is InChI=1S/C14H14ClNO3/c1-3-18-13(17)8-12-16-14(9(2)19-12)10-4-6-11(15)7-5-10/h4-7H,3,8H2,1-2H3. The number of aromatic nitrogens is 1. The third-order valence-electron chi connectivity index (χ3n) is 2.56. The Morgan fingerprint density at radius 1 is 1.37 bits per heavy atom. The monoisotopic (exact) mass is 279 g/mol. The molecule has 19 heavy (non-hydrogen) atoms. The summed E-state index contributed by atoms with van der Waals surface area (Å²) < 4.78 is 10.3. The second-order valence-electron chi connectivity index (χ2n) is 4.00. The van der Waals surface area contributed by atoms with Gasteiger partial charge in [-0.15, -0.1) is 0 Å². The Morgan fingerprint density at radius 2 is 2.05 bits per heavy atom. The summed E-state index contributed by atoms with van der Waals surface area (Å²) in [7, 11) is 0. The highest BCUT2D eigenvalue weighted by atomic mass is 35.5. The molecular formula is C14H14ClNO3. The number of carbonyl (C=O) groups excluding carboxylic acids is 1. The number of hydrogen-bond acceptors (Lipinski definition) is 4. The van der Waals surface area contributed by atoms with Crippen molar-refractivity contribution in [3.8, 4) is 11.3 Å². The second-order valence-corrected chi connectivity index (χ2v) is 4.44. The van der Waals surface area contributed by atoms with Crippen LogP contribution in [-0.2, 0) is 16.0 Å². The van der Waals surface area contributed by atoms with E-state index >= 15 is 0 Å². The van der Waals surface area contributed by atoms with E-state index in [2.05, 4.69) is 4.98 Å². The summed E-state index contributed by atoms with van der Waals surface area (Å²) in [6, 6.07) is 7.30. The van der Waals surface area contributed by atoms with Gasteiger partial charge in [0, 0.05) is 10.6 Å². The molecule has 0 atom stereocenters. The molecule has 0 saturated heterocycles. The van der Waals surface area contributed by atoms with E-state index in [1.807, 2.05) is 19.1 Å². The lowest BCUT2D eigenvalue weighted by molar-refractivity contribution is -0.142. The molecule has 0 saturated carbocycles. The molecule has 0 aliphatic rings. The lowest BCUT2D eigenvalue weighted by Crippen LogP contribution is -2.07. The predicted octanol–water partition coefficient (Wildman–Crippen LogP) is 3.41. The van der Waals surface area contributed by atoms with Gasteiger partial charge in [-0.25, -0.2) is 4.98 Å². The summed E-state index contributed by atoms with van der Waals surface area (Å²) in [5, 5.41) is 0.664. The molecule has 4 nitrogen and oxygen atoms in total. The molecule has 0 radical (unpaired) electrons. The van der Waals surface area contributed by atoms with E-state index in [1.54, 1.807) is 19.1 Å². The van der Waals surface area contributed by atoms with E-state index in [1.165, 1.54) is 0 Å². The van der Waals surface area contributed by atoms with Crippen molar-refractivity contribution in [1.29, 1.82) is 0 Å². The van der Waals surface area contributed by atoms with Gasteiger partial charge >= 0.3 is 5.97 Å². The molecule has 5 heteroatoms. The fourth-order valence-electron chi connectivity index (χ4n) is 1.74. The molecule has 0 unspecified atom stereocenters. The van der Waals surface area contributed by atoms with Crippen LogP contribution in [0.3, 0.4) is 0 Å². The van der Waals surface area contributed by atoms with Crippen LogP contribution in [0.25, 0.3) is 11.3 Å². The SMILES string of the molecule is CCOC(=O)Cc1nc(-c2ccc(Cl)cc2)c(C)o1. The molecule has 1 heterocycles. The largest absolute Gasteiger partial charge is 0.466 e. The molecule has 1 aromatic carbocycles. The Hall–Kier alpha value is -1.81.